The third-order valence-electron chi connectivity index (χ3n) is 3.69. The predicted octanol–water partition coefficient (Wildman–Crippen LogP) is 3.11. The number of aryl methyl sites for hydroxylation is 2. The van der Waals surface area contributed by atoms with Gasteiger partial charge in [-0.25, -0.2) is 9.37 Å². The number of amides is 1. The zero-order chi connectivity index (χ0) is 15.7. The zero-order valence-corrected chi connectivity index (χ0v) is 13.3. The summed E-state index contributed by atoms with van der Waals surface area (Å²) >= 11 is 1.42. The van der Waals surface area contributed by atoms with Crippen molar-refractivity contribution >= 4 is 17.2 Å². The van der Waals surface area contributed by atoms with E-state index in [0.29, 0.717) is 24.6 Å². The van der Waals surface area contributed by atoms with Gasteiger partial charge in [0.1, 0.15) is 16.8 Å². The summed E-state index contributed by atoms with van der Waals surface area (Å²) in [4.78, 5) is 19.4. The van der Waals surface area contributed by atoms with Gasteiger partial charge in [-0.05, 0) is 31.5 Å². The highest BCUT2D eigenvalue weighted by Gasteiger charge is 2.28. The monoisotopic (exact) mass is 320 g/mol. The molecule has 22 heavy (non-hydrogen) atoms. The molecule has 4 nitrogen and oxygen atoms in total. The molecule has 0 N–H and O–H groups in total. The summed E-state index contributed by atoms with van der Waals surface area (Å²) in [5.41, 5.74) is 1.66. The maximum atomic E-state index is 13.0. The van der Waals surface area contributed by atoms with Crippen LogP contribution >= 0.6 is 11.3 Å². The van der Waals surface area contributed by atoms with Gasteiger partial charge in [0.05, 0.1) is 23.9 Å². The van der Waals surface area contributed by atoms with E-state index < -0.39 is 0 Å². The molecule has 6 heteroatoms. The first-order valence-electron chi connectivity index (χ1n) is 7.15. The van der Waals surface area contributed by atoms with Crippen molar-refractivity contribution in [3.05, 3.63) is 51.2 Å². The van der Waals surface area contributed by atoms with E-state index in [-0.39, 0.29) is 17.8 Å². The number of thiazole rings is 1. The molecule has 1 aliphatic rings. The standard InChI is InChI=1S/C16H17FN2O2S/c1-10-15(22-11(2)18-10)16(20)19-7-8-21-14(9-19)12-3-5-13(17)6-4-12/h3-6,14H,7-9H2,1-2H3/t14-/m0/s1. The number of hydrogen-bond donors (Lipinski definition) is 0. The van der Waals surface area contributed by atoms with E-state index in [1.54, 1.807) is 17.0 Å². The Morgan fingerprint density at radius 1 is 1.36 bits per heavy atom. The molecule has 0 radical (unpaired) electrons. The quantitative estimate of drug-likeness (QED) is 0.854. The Bertz CT molecular complexity index is 684. The van der Waals surface area contributed by atoms with E-state index in [1.165, 1.54) is 23.5 Å². The lowest BCUT2D eigenvalue weighted by Gasteiger charge is -2.33. The van der Waals surface area contributed by atoms with Gasteiger partial charge in [-0.3, -0.25) is 4.79 Å². The molecule has 1 fully saturated rings. The summed E-state index contributed by atoms with van der Waals surface area (Å²) in [5.74, 6) is -0.276. The van der Waals surface area contributed by atoms with E-state index >= 15 is 0 Å². The lowest BCUT2D eigenvalue weighted by molar-refractivity contribution is -0.0227. The highest BCUT2D eigenvalue weighted by atomic mass is 32.1. The molecule has 0 unspecified atom stereocenters. The molecule has 0 bridgehead atoms. The number of ether oxygens (including phenoxy) is 1. The van der Waals surface area contributed by atoms with Crippen molar-refractivity contribution < 1.29 is 13.9 Å². The highest BCUT2D eigenvalue weighted by molar-refractivity contribution is 7.13. The van der Waals surface area contributed by atoms with Crippen molar-refractivity contribution in [2.45, 2.75) is 20.0 Å². The lowest BCUT2D eigenvalue weighted by Crippen LogP contribution is -2.42. The van der Waals surface area contributed by atoms with Gasteiger partial charge in [-0.15, -0.1) is 11.3 Å². The number of carbonyl (C=O) groups excluding carboxylic acids is 1. The Kier molecular flexibility index (Phi) is 4.22. The Hall–Kier alpha value is -1.79. The Morgan fingerprint density at radius 3 is 2.73 bits per heavy atom. The van der Waals surface area contributed by atoms with Crippen LogP contribution in [0.1, 0.15) is 32.0 Å². The van der Waals surface area contributed by atoms with E-state index in [0.717, 1.165) is 16.3 Å². The van der Waals surface area contributed by atoms with Crippen LogP contribution in [-0.4, -0.2) is 35.5 Å². The zero-order valence-electron chi connectivity index (χ0n) is 12.5. The fourth-order valence-electron chi connectivity index (χ4n) is 2.59. The van der Waals surface area contributed by atoms with Gasteiger partial charge < -0.3 is 9.64 Å². The third kappa shape index (κ3) is 3.03. The topological polar surface area (TPSA) is 42.4 Å². The molecular weight excluding hydrogens is 303 g/mol. The van der Waals surface area contributed by atoms with Crippen LogP contribution in [0.4, 0.5) is 4.39 Å². The molecule has 0 saturated carbocycles. The van der Waals surface area contributed by atoms with Gasteiger partial charge in [0.25, 0.3) is 5.91 Å². The molecule has 2 aromatic rings. The van der Waals surface area contributed by atoms with Crippen LogP contribution in [-0.2, 0) is 4.74 Å². The highest BCUT2D eigenvalue weighted by Crippen LogP contribution is 2.25. The molecule has 1 aliphatic heterocycles. The molecular formula is C16H17FN2O2S. The van der Waals surface area contributed by atoms with Gasteiger partial charge in [0.2, 0.25) is 0 Å². The fraction of sp³-hybridized carbons (Fsp3) is 0.375. The molecule has 2 heterocycles. The largest absolute Gasteiger partial charge is 0.370 e. The van der Waals surface area contributed by atoms with Crippen LogP contribution in [0.5, 0.6) is 0 Å². The number of morpholine rings is 1. The van der Waals surface area contributed by atoms with Crippen LogP contribution in [0, 0.1) is 19.7 Å². The lowest BCUT2D eigenvalue weighted by atomic mass is 10.1. The number of hydrogen-bond acceptors (Lipinski definition) is 4. The number of halogens is 1. The first-order chi connectivity index (χ1) is 10.5. The summed E-state index contributed by atoms with van der Waals surface area (Å²) in [7, 11) is 0. The minimum absolute atomic E-state index is 0.00138. The summed E-state index contributed by atoms with van der Waals surface area (Å²) in [6.07, 6.45) is -0.215. The van der Waals surface area contributed by atoms with E-state index in [1.807, 2.05) is 13.8 Å². The van der Waals surface area contributed by atoms with E-state index in [9.17, 15) is 9.18 Å². The second kappa shape index (κ2) is 6.14. The van der Waals surface area contributed by atoms with Gasteiger partial charge in [-0.1, -0.05) is 12.1 Å². The van der Waals surface area contributed by atoms with E-state index in [2.05, 4.69) is 4.98 Å². The second-order valence-electron chi connectivity index (χ2n) is 5.31. The van der Waals surface area contributed by atoms with Crippen molar-refractivity contribution in [3.63, 3.8) is 0 Å². The average Bonchev–Trinajstić information content (AvgIpc) is 2.86. The van der Waals surface area contributed by atoms with Crippen LogP contribution in [0.15, 0.2) is 24.3 Å². The van der Waals surface area contributed by atoms with Crippen molar-refractivity contribution in [1.29, 1.82) is 0 Å². The van der Waals surface area contributed by atoms with E-state index in [4.69, 9.17) is 4.74 Å². The minimum Gasteiger partial charge on any atom is -0.370 e. The third-order valence-corrected chi connectivity index (χ3v) is 4.75. The summed E-state index contributed by atoms with van der Waals surface area (Å²) in [5, 5.41) is 0.893. The second-order valence-corrected chi connectivity index (χ2v) is 6.51. The predicted molar refractivity (Wildman–Crippen MR) is 82.6 cm³/mol. The maximum absolute atomic E-state index is 13.0. The fourth-order valence-corrected chi connectivity index (χ4v) is 3.47. The molecule has 0 spiro atoms. The molecule has 1 aromatic carbocycles. The smallest absolute Gasteiger partial charge is 0.266 e. The van der Waals surface area contributed by atoms with Crippen molar-refractivity contribution in [2.75, 3.05) is 19.7 Å². The van der Waals surface area contributed by atoms with Crippen LogP contribution in [0.25, 0.3) is 0 Å². The maximum Gasteiger partial charge on any atom is 0.266 e. The van der Waals surface area contributed by atoms with Crippen molar-refractivity contribution in [3.8, 4) is 0 Å². The number of benzene rings is 1. The molecule has 1 atom stereocenters. The van der Waals surface area contributed by atoms with Crippen LogP contribution in [0.3, 0.4) is 0 Å². The van der Waals surface area contributed by atoms with Crippen molar-refractivity contribution in [1.82, 2.24) is 9.88 Å². The molecule has 1 saturated heterocycles. The number of carbonyl (C=O) groups is 1. The number of rotatable bonds is 2. The Labute approximate surface area is 132 Å². The SMILES string of the molecule is Cc1nc(C)c(C(=O)N2CCO[C@H](c3ccc(F)cc3)C2)s1. The minimum atomic E-state index is -0.275. The van der Waals surface area contributed by atoms with Crippen LogP contribution < -0.4 is 0 Å². The molecule has 0 aliphatic carbocycles. The normalized spacial score (nSPS) is 18.5. The van der Waals surface area contributed by atoms with Gasteiger partial charge in [0.15, 0.2) is 0 Å². The summed E-state index contributed by atoms with van der Waals surface area (Å²) in [6, 6.07) is 6.23. The molecule has 3 rings (SSSR count). The average molecular weight is 320 g/mol. The molecule has 1 amide bonds. The van der Waals surface area contributed by atoms with Gasteiger partial charge in [0, 0.05) is 6.54 Å². The molecule has 116 valence electrons. The van der Waals surface area contributed by atoms with Gasteiger partial charge in [-0.2, -0.15) is 0 Å². The number of nitrogens with zero attached hydrogens (tertiary/aromatic N) is 2. The Morgan fingerprint density at radius 2 is 2.09 bits per heavy atom. The Balaban J connectivity index is 1.76. The van der Waals surface area contributed by atoms with Crippen LogP contribution in [0.2, 0.25) is 0 Å². The van der Waals surface area contributed by atoms with Crippen molar-refractivity contribution in [2.24, 2.45) is 0 Å². The number of aromatic nitrogens is 1. The summed E-state index contributed by atoms with van der Waals surface area (Å²) < 4.78 is 18.7. The van der Waals surface area contributed by atoms with Gasteiger partial charge >= 0.3 is 0 Å². The molecule has 1 aromatic heterocycles. The summed E-state index contributed by atoms with van der Waals surface area (Å²) in [6.45, 7) is 5.27. The first kappa shape index (κ1) is 15.1. The first-order valence-corrected chi connectivity index (χ1v) is 7.96.